The summed E-state index contributed by atoms with van der Waals surface area (Å²) in [6.45, 7) is 5.51. The average molecular weight is 377 g/mol. The number of cyclic esters (lactones) is 2. The van der Waals surface area contributed by atoms with Crippen LogP contribution in [0.3, 0.4) is 0 Å². The van der Waals surface area contributed by atoms with Gasteiger partial charge >= 0.3 is 12.2 Å². The van der Waals surface area contributed by atoms with Crippen LogP contribution in [0.4, 0.5) is 21.0 Å². The Bertz CT molecular complexity index is 709. The molecule has 138 valence electrons. The van der Waals surface area contributed by atoms with Gasteiger partial charge in [-0.1, -0.05) is 12.7 Å². The number of carbonyl (C=O) groups excluding carboxylic acids is 2. The molecule has 1 aromatic rings. The van der Waals surface area contributed by atoms with Gasteiger partial charge in [-0.2, -0.15) is 0 Å². The van der Waals surface area contributed by atoms with E-state index in [9.17, 15) is 9.59 Å². The number of amides is 2. The summed E-state index contributed by atoms with van der Waals surface area (Å²) in [7, 11) is 0. The van der Waals surface area contributed by atoms with Crippen LogP contribution in [-0.2, 0) is 14.2 Å². The van der Waals surface area contributed by atoms with Crippen molar-refractivity contribution in [2.45, 2.75) is 6.10 Å². The zero-order chi connectivity index (χ0) is 18.5. The molecular weight excluding hydrogens is 358 g/mol. The molecule has 2 fully saturated rings. The second kappa shape index (κ2) is 8.05. The zero-order valence-corrected chi connectivity index (χ0v) is 14.9. The van der Waals surface area contributed by atoms with Crippen LogP contribution in [0, 0.1) is 0 Å². The lowest BCUT2D eigenvalue weighted by molar-refractivity contribution is 0.141. The van der Waals surface area contributed by atoms with Crippen LogP contribution in [0.15, 0.2) is 36.9 Å². The Kier molecular flexibility index (Phi) is 5.57. The van der Waals surface area contributed by atoms with Crippen LogP contribution < -0.4 is 15.1 Å². The van der Waals surface area contributed by atoms with Crippen LogP contribution in [0.25, 0.3) is 0 Å². The minimum Gasteiger partial charge on any atom is -0.467 e. The van der Waals surface area contributed by atoms with Gasteiger partial charge in [-0.05, 0) is 36.5 Å². The van der Waals surface area contributed by atoms with Crippen molar-refractivity contribution < 1.29 is 23.8 Å². The predicted octanol–water partition coefficient (Wildman–Crippen LogP) is 2.05. The fourth-order valence-corrected chi connectivity index (χ4v) is 2.81. The fourth-order valence-electron chi connectivity index (χ4n) is 2.66. The van der Waals surface area contributed by atoms with Crippen molar-refractivity contribution in [1.82, 2.24) is 5.32 Å². The van der Waals surface area contributed by atoms with Gasteiger partial charge in [0.05, 0.1) is 19.6 Å². The Balaban J connectivity index is 1.56. The number of ether oxygens (including phenoxy) is 3. The smallest absolute Gasteiger partial charge is 0.414 e. The Labute approximate surface area is 156 Å². The number of carbonyl (C=O) groups is 2. The molecule has 2 heterocycles. The molecule has 2 aliphatic heterocycles. The number of hydrogen-bond donors (Lipinski definition) is 1. The first-order valence-corrected chi connectivity index (χ1v) is 8.53. The standard InChI is InChI=1S/C17H19N3O5S/c1-2-8-23-15(26)18-10-14-11-20(17(22)25-14)13-5-3-12(4-6-13)19-7-9-24-16(19)21/h2-6,14H,1,7-11H2,(H,18,26). The topological polar surface area (TPSA) is 80.3 Å². The first-order chi connectivity index (χ1) is 12.6. The maximum Gasteiger partial charge on any atom is 0.414 e. The molecule has 0 aromatic heterocycles. The fraction of sp³-hybridized carbons (Fsp3) is 0.353. The first kappa shape index (κ1) is 18.0. The predicted molar refractivity (Wildman–Crippen MR) is 99.5 cm³/mol. The van der Waals surface area contributed by atoms with Crippen molar-refractivity contribution in [2.75, 3.05) is 42.6 Å². The van der Waals surface area contributed by atoms with Crippen LogP contribution in [0.2, 0.25) is 0 Å². The van der Waals surface area contributed by atoms with Gasteiger partial charge in [0, 0.05) is 11.4 Å². The summed E-state index contributed by atoms with van der Waals surface area (Å²) in [4.78, 5) is 26.8. The molecule has 0 bridgehead atoms. The Hall–Kier alpha value is -2.81. The molecule has 1 N–H and O–H groups in total. The summed E-state index contributed by atoms with van der Waals surface area (Å²) in [6, 6.07) is 7.10. The summed E-state index contributed by atoms with van der Waals surface area (Å²) in [5, 5.41) is 3.14. The van der Waals surface area contributed by atoms with Crippen LogP contribution >= 0.6 is 12.2 Å². The molecule has 2 saturated heterocycles. The van der Waals surface area contributed by atoms with Crippen molar-refractivity contribution >= 4 is 41.0 Å². The van der Waals surface area contributed by atoms with Gasteiger partial charge in [-0.3, -0.25) is 9.80 Å². The van der Waals surface area contributed by atoms with Crippen molar-refractivity contribution in [3.63, 3.8) is 0 Å². The highest BCUT2D eigenvalue weighted by molar-refractivity contribution is 7.80. The molecule has 1 atom stereocenters. The molecule has 3 rings (SSSR count). The Morgan fingerprint density at radius 3 is 2.58 bits per heavy atom. The normalized spacial score (nSPS) is 19.2. The number of nitrogens with one attached hydrogen (secondary N) is 1. The molecule has 26 heavy (non-hydrogen) atoms. The van der Waals surface area contributed by atoms with Gasteiger partial charge in [0.15, 0.2) is 0 Å². The lowest BCUT2D eigenvalue weighted by Crippen LogP contribution is -2.34. The van der Waals surface area contributed by atoms with Crippen molar-refractivity contribution in [3.05, 3.63) is 36.9 Å². The molecule has 0 saturated carbocycles. The van der Waals surface area contributed by atoms with E-state index in [2.05, 4.69) is 11.9 Å². The first-order valence-electron chi connectivity index (χ1n) is 8.12. The molecule has 9 heteroatoms. The van der Waals surface area contributed by atoms with Gasteiger partial charge in [0.1, 0.15) is 19.3 Å². The number of thiocarbonyl (C=S) groups is 1. The molecule has 1 aromatic carbocycles. The Morgan fingerprint density at radius 2 is 1.96 bits per heavy atom. The summed E-state index contributed by atoms with van der Waals surface area (Å²) in [5.74, 6) is 0. The molecule has 0 aliphatic carbocycles. The lowest BCUT2D eigenvalue weighted by atomic mass is 10.2. The van der Waals surface area contributed by atoms with E-state index in [1.807, 2.05) is 0 Å². The summed E-state index contributed by atoms with van der Waals surface area (Å²) in [6.07, 6.45) is 0.458. The average Bonchev–Trinajstić information content (AvgIpc) is 3.24. The quantitative estimate of drug-likeness (QED) is 0.600. The van der Waals surface area contributed by atoms with Crippen LogP contribution in [0.5, 0.6) is 0 Å². The number of rotatable bonds is 6. The monoisotopic (exact) mass is 377 g/mol. The largest absolute Gasteiger partial charge is 0.467 e. The maximum atomic E-state index is 12.1. The molecule has 8 nitrogen and oxygen atoms in total. The number of benzene rings is 1. The second-order valence-electron chi connectivity index (χ2n) is 5.67. The minimum atomic E-state index is -0.428. The van der Waals surface area contributed by atoms with E-state index in [1.54, 1.807) is 35.2 Å². The minimum absolute atomic E-state index is 0.237. The summed E-state index contributed by atoms with van der Waals surface area (Å²) >= 11 is 5.01. The third-order valence-corrected chi connectivity index (χ3v) is 4.18. The molecule has 0 radical (unpaired) electrons. The van der Waals surface area contributed by atoms with E-state index in [0.29, 0.717) is 38.5 Å². The molecular formula is C17H19N3O5S. The zero-order valence-electron chi connectivity index (χ0n) is 14.1. The van der Waals surface area contributed by atoms with Gasteiger partial charge in [-0.15, -0.1) is 0 Å². The van der Waals surface area contributed by atoms with E-state index in [1.165, 1.54) is 4.90 Å². The van der Waals surface area contributed by atoms with Gasteiger partial charge in [0.25, 0.3) is 5.17 Å². The van der Waals surface area contributed by atoms with E-state index in [0.717, 1.165) is 5.69 Å². The van der Waals surface area contributed by atoms with Crippen molar-refractivity contribution in [2.24, 2.45) is 0 Å². The van der Waals surface area contributed by atoms with Gasteiger partial charge in [-0.25, -0.2) is 9.59 Å². The molecule has 2 amide bonds. The third kappa shape index (κ3) is 4.05. The third-order valence-electron chi connectivity index (χ3n) is 3.91. The van der Waals surface area contributed by atoms with Gasteiger partial charge in [0.2, 0.25) is 0 Å². The lowest BCUT2D eigenvalue weighted by Gasteiger charge is -2.16. The van der Waals surface area contributed by atoms with E-state index >= 15 is 0 Å². The highest BCUT2D eigenvalue weighted by Gasteiger charge is 2.32. The Morgan fingerprint density at radius 1 is 1.27 bits per heavy atom. The van der Waals surface area contributed by atoms with Crippen LogP contribution in [-0.4, -0.2) is 56.3 Å². The second-order valence-corrected chi connectivity index (χ2v) is 6.04. The number of hydrogen-bond acceptors (Lipinski definition) is 6. The number of anilines is 2. The van der Waals surface area contributed by atoms with E-state index in [4.69, 9.17) is 26.4 Å². The SMILES string of the molecule is C=CCOC(=S)NCC1CN(c2ccc(N3CCOC3=O)cc2)C(=O)O1. The highest BCUT2D eigenvalue weighted by Crippen LogP contribution is 2.26. The van der Waals surface area contributed by atoms with Crippen molar-refractivity contribution in [1.29, 1.82) is 0 Å². The summed E-state index contributed by atoms with van der Waals surface area (Å²) in [5.41, 5.74) is 1.42. The molecule has 1 unspecified atom stereocenters. The highest BCUT2D eigenvalue weighted by atomic mass is 32.1. The molecule has 0 spiro atoms. The van der Waals surface area contributed by atoms with Gasteiger partial charge < -0.3 is 19.5 Å². The molecule has 2 aliphatic rings. The number of nitrogens with zero attached hydrogens (tertiary/aromatic N) is 2. The summed E-state index contributed by atoms with van der Waals surface area (Å²) < 4.78 is 15.4. The van der Waals surface area contributed by atoms with E-state index < -0.39 is 6.09 Å². The van der Waals surface area contributed by atoms with Crippen molar-refractivity contribution in [3.8, 4) is 0 Å². The maximum absolute atomic E-state index is 12.1. The van der Waals surface area contributed by atoms with Crippen LogP contribution in [0.1, 0.15) is 0 Å². The van der Waals surface area contributed by atoms with E-state index in [-0.39, 0.29) is 17.4 Å².